The molecule has 0 N–H and O–H groups in total. The molecule has 226 valence electrons. The molecule has 0 saturated carbocycles. The molecule has 3 rings (SSSR count). The summed E-state index contributed by atoms with van der Waals surface area (Å²) in [6.45, 7) is 15.4. The Morgan fingerprint density at radius 2 is 1.34 bits per heavy atom. The minimum atomic E-state index is -0.274. The summed E-state index contributed by atoms with van der Waals surface area (Å²) >= 11 is 3.22. The van der Waals surface area contributed by atoms with E-state index in [4.69, 9.17) is 14.2 Å². The maximum absolute atomic E-state index is 13.4. The number of benzene rings is 3. The van der Waals surface area contributed by atoms with Crippen LogP contribution in [0.2, 0.25) is 0 Å². The van der Waals surface area contributed by atoms with Crippen molar-refractivity contribution >= 4 is 15.9 Å². The Balaban J connectivity index is 0.00000588. The van der Waals surface area contributed by atoms with Crippen LogP contribution in [-0.4, -0.2) is 44.9 Å². The van der Waals surface area contributed by atoms with Crippen molar-refractivity contribution < 1.29 is 40.1 Å². The number of likely N-dealkylation sites (N-methyl/N-ethyl adjacent to an activating group) is 1. The lowest BCUT2D eigenvalue weighted by Gasteiger charge is -2.33. The number of nitrogens with zero attached hydrogens (tertiary/aromatic N) is 1. The van der Waals surface area contributed by atoms with Gasteiger partial charge in [0.15, 0.2) is 0 Å². The summed E-state index contributed by atoms with van der Waals surface area (Å²) in [4.78, 5) is 0. The first kappa shape index (κ1) is 35.3. The topological polar surface area (TPSA) is 27.7 Å². The van der Waals surface area contributed by atoms with Crippen molar-refractivity contribution in [2.75, 3.05) is 40.5 Å². The number of hydrogen-bond acceptors (Lipinski definition) is 3. The molecule has 7 heteroatoms. The van der Waals surface area contributed by atoms with E-state index in [1.165, 1.54) is 17.2 Å². The third-order valence-corrected chi connectivity index (χ3v) is 7.48. The molecule has 0 aliphatic carbocycles. The zero-order valence-electron chi connectivity index (χ0n) is 25.6. The predicted octanol–water partition coefficient (Wildman–Crippen LogP) is 5.56. The van der Waals surface area contributed by atoms with Crippen LogP contribution >= 0.6 is 15.9 Å². The van der Waals surface area contributed by atoms with Crippen molar-refractivity contribution in [3.8, 4) is 11.5 Å². The van der Waals surface area contributed by atoms with Crippen molar-refractivity contribution in [2.24, 2.45) is 5.41 Å². The summed E-state index contributed by atoms with van der Waals surface area (Å²) in [7, 11) is 4.42. The Kier molecular flexibility index (Phi) is 13.3. The first-order chi connectivity index (χ1) is 18.7. The second kappa shape index (κ2) is 15.5. The van der Waals surface area contributed by atoms with Gasteiger partial charge >= 0.3 is 0 Å². The molecule has 0 spiro atoms. The van der Waals surface area contributed by atoms with Crippen molar-refractivity contribution in [3.05, 3.63) is 93.7 Å². The molecule has 0 heterocycles. The quantitative estimate of drug-likeness (QED) is 0.164. The van der Waals surface area contributed by atoms with Crippen LogP contribution in [0, 0.1) is 11.2 Å². The number of ether oxygens (including phenoxy) is 3. The SMILES string of the molecule is CC(C)(C)CC(C)(C)c1ccc(OCCOCC[N+](C)(C)Cc2ccc(OCc3ccc(F)c(Br)c3)cc2)cc1.[Br-]. The number of rotatable bonds is 14. The van der Waals surface area contributed by atoms with E-state index in [2.05, 4.69) is 101 Å². The minimum absolute atomic E-state index is 0. The monoisotopic (exact) mass is 693 g/mol. The Bertz CT molecular complexity index is 1210. The first-order valence-electron chi connectivity index (χ1n) is 14.0. The van der Waals surface area contributed by atoms with Gasteiger partial charge in [0, 0.05) is 5.56 Å². The van der Waals surface area contributed by atoms with Crippen molar-refractivity contribution in [2.45, 2.75) is 59.6 Å². The van der Waals surface area contributed by atoms with Crippen LogP contribution in [0.15, 0.2) is 71.2 Å². The summed E-state index contributed by atoms with van der Waals surface area (Å²) in [5.74, 6) is 1.40. The van der Waals surface area contributed by atoms with Gasteiger partial charge in [-0.3, -0.25) is 0 Å². The molecule has 0 bridgehead atoms. The van der Waals surface area contributed by atoms with Gasteiger partial charge in [0.2, 0.25) is 0 Å². The van der Waals surface area contributed by atoms with Crippen molar-refractivity contribution in [1.29, 1.82) is 0 Å². The highest BCUT2D eigenvalue weighted by atomic mass is 79.9. The van der Waals surface area contributed by atoms with E-state index in [9.17, 15) is 4.39 Å². The van der Waals surface area contributed by atoms with Gasteiger partial charge in [0.05, 0.1) is 31.8 Å². The molecule has 3 aromatic rings. The van der Waals surface area contributed by atoms with E-state index in [0.717, 1.165) is 41.1 Å². The summed E-state index contributed by atoms with van der Waals surface area (Å²) in [5.41, 5.74) is 3.90. The lowest BCUT2D eigenvalue weighted by atomic mass is 9.72. The van der Waals surface area contributed by atoms with Crippen molar-refractivity contribution in [1.82, 2.24) is 0 Å². The summed E-state index contributed by atoms with van der Waals surface area (Å²) in [6, 6.07) is 21.6. The lowest BCUT2D eigenvalue weighted by molar-refractivity contribution is -0.904. The lowest BCUT2D eigenvalue weighted by Crippen LogP contribution is -3.00. The number of hydrogen-bond donors (Lipinski definition) is 0. The minimum Gasteiger partial charge on any atom is -1.00 e. The van der Waals surface area contributed by atoms with Crippen molar-refractivity contribution in [3.63, 3.8) is 0 Å². The fourth-order valence-electron chi connectivity index (χ4n) is 5.12. The maximum atomic E-state index is 13.4. The van der Waals surface area contributed by atoms with Crippen LogP contribution in [0.4, 0.5) is 4.39 Å². The van der Waals surface area contributed by atoms with E-state index in [0.29, 0.717) is 30.9 Å². The van der Waals surface area contributed by atoms with Crippen LogP contribution < -0.4 is 26.5 Å². The normalized spacial score (nSPS) is 12.1. The average molecular weight is 696 g/mol. The maximum Gasteiger partial charge on any atom is 0.137 e. The van der Waals surface area contributed by atoms with E-state index < -0.39 is 0 Å². The van der Waals surface area contributed by atoms with Gasteiger partial charge in [0.25, 0.3) is 0 Å². The van der Waals surface area contributed by atoms with Gasteiger partial charge in [-0.2, -0.15) is 0 Å². The molecule has 0 aliphatic heterocycles. The van der Waals surface area contributed by atoms with Crippen LogP contribution in [0.3, 0.4) is 0 Å². The van der Waals surface area contributed by atoms with Crippen LogP contribution in [0.5, 0.6) is 11.5 Å². The Labute approximate surface area is 265 Å². The molecule has 0 radical (unpaired) electrons. The van der Waals surface area contributed by atoms with Gasteiger partial charge < -0.3 is 35.7 Å². The molecular weight excluding hydrogens is 649 g/mol. The first-order valence-corrected chi connectivity index (χ1v) is 14.8. The highest BCUT2D eigenvalue weighted by Gasteiger charge is 2.27. The second-order valence-electron chi connectivity index (χ2n) is 13.1. The van der Waals surface area contributed by atoms with Gasteiger partial charge in [-0.05, 0) is 92.8 Å². The molecule has 0 aliphatic rings. The molecule has 0 aromatic heterocycles. The smallest absolute Gasteiger partial charge is 0.137 e. The molecule has 4 nitrogen and oxygen atoms in total. The number of quaternary nitrogens is 1. The van der Waals surface area contributed by atoms with Gasteiger partial charge in [-0.15, -0.1) is 0 Å². The Morgan fingerprint density at radius 1 is 0.756 bits per heavy atom. The molecule has 0 amide bonds. The Morgan fingerprint density at radius 3 is 1.95 bits per heavy atom. The zero-order chi connectivity index (χ0) is 29.4. The fraction of sp³-hybridized carbons (Fsp3) is 0.471. The van der Waals surface area contributed by atoms with Crippen LogP contribution in [-0.2, 0) is 23.3 Å². The van der Waals surface area contributed by atoms with Gasteiger partial charge in [-0.25, -0.2) is 4.39 Å². The molecule has 0 fully saturated rings. The number of halogens is 3. The third-order valence-electron chi connectivity index (χ3n) is 6.87. The molecule has 41 heavy (non-hydrogen) atoms. The van der Waals surface area contributed by atoms with Crippen LogP contribution in [0.1, 0.15) is 57.7 Å². The largest absolute Gasteiger partial charge is 1.00 e. The standard InChI is InChI=1S/C34H46BrFNO3.BrH/c1-33(2,3)25-34(4,5)28-11-15-29(16-12-28)39-21-20-38-19-18-37(6,7)23-26-8-13-30(14-9-26)40-24-27-10-17-32(36)31(35)22-27;/h8-17,22H,18-21,23-25H2,1-7H3;1H/q+1;/p-1. The van der Waals surface area contributed by atoms with E-state index in [-0.39, 0.29) is 33.6 Å². The predicted molar refractivity (Wildman–Crippen MR) is 165 cm³/mol. The van der Waals surface area contributed by atoms with E-state index in [1.807, 2.05) is 12.1 Å². The van der Waals surface area contributed by atoms with Gasteiger partial charge in [-0.1, -0.05) is 52.8 Å². The average Bonchev–Trinajstić information content (AvgIpc) is 2.86. The fourth-order valence-corrected chi connectivity index (χ4v) is 5.55. The summed E-state index contributed by atoms with van der Waals surface area (Å²) in [6.07, 6.45) is 1.12. The summed E-state index contributed by atoms with van der Waals surface area (Å²) < 4.78 is 32.3. The molecule has 0 saturated heterocycles. The molecular formula is C34H46Br2FNO3. The third kappa shape index (κ3) is 12.5. The highest BCUT2D eigenvalue weighted by Crippen LogP contribution is 2.36. The Hall–Kier alpha value is -1.93. The molecule has 0 unspecified atom stereocenters. The molecule has 3 aromatic carbocycles. The molecule has 0 atom stereocenters. The summed E-state index contributed by atoms with van der Waals surface area (Å²) in [5, 5.41) is 0. The van der Waals surface area contributed by atoms with E-state index in [1.54, 1.807) is 12.1 Å². The van der Waals surface area contributed by atoms with E-state index >= 15 is 0 Å². The van der Waals surface area contributed by atoms with Gasteiger partial charge in [0.1, 0.15) is 43.6 Å². The van der Waals surface area contributed by atoms with Crippen LogP contribution in [0.25, 0.3) is 0 Å². The highest BCUT2D eigenvalue weighted by molar-refractivity contribution is 9.10. The zero-order valence-corrected chi connectivity index (χ0v) is 28.8. The second-order valence-corrected chi connectivity index (χ2v) is 14.0.